The Balaban J connectivity index is 2.08. The number of anilines is 2. The zero-order valence-corrected chi connectivity index (χ0v) is 19.1. The van der Waals surface area contributed by atoms with E-state index in [4.69, 9.17) is 0 Å². The highest BCUT2D eigenvalue weighted by atomic mass is 16.2. The summed E-state index contributed by atoms with van der Waals surface area (Å²) in [6.45, 7) is 8.69. The van der Waals surface area contributed by atoms with Gasteiger partial charge >= 0.3 is 0 Å². The van der Waals surface area contributed by atoms with E-state index >= 15 is 0 Å². The minimum Gasteiger partial charge on any atom is -0.377 e. The molecule has 1 aromatic carbocycles. The lowest BCUT2D eigenvalue weighted by molar-refractivity contribution is -0.117. The smallest absolute Gasteiger partial charge is 0.253 e. The van der Waals surface area contributed by atoms with Crippen LogP contribution in [0.1, 0.15) is 83.0 Å². The van der Waals surface area contributed by atoms with E-state index in [9.17, 15) is 9.59 Å². The van der Waals surface area contributed by atoms with E-state index in [1.54, 1.807) is 6.07 Å². The number of rotatable bonds is 7. The molecule has 1 atom stereocenters. The van der Waals surface area contributed by atoms with Crippen LogP contribution in [-0.2, 0) is 4.79 Å². The Morgan fingerprint density at radius 2 is 1.79 bits per heavy atom. The molecule has 0 saturated heterocycles. The molecule has 1 aliphatic carbocycles. The number of hydrogen-bond donors (Lipinski definition) is 2. The number of carbonyl (C=O) groups excluding carboxylic acids is 2. The van der Waals surface area contributed by atoms with Crippen molar-refractivity contribution in [1.29, 1.82) is 0 Å². The van der Waals surface area contributed by atoms with Crippen LogP contribution in [0.25, 0.3) is 0 Å². The lowest BCUT2D eigenvalue weighted by Gasteiger charge is -2.25. The second-order valence-corrected chi connectivity index (χ2v) is 10.1. The fourth-order valence-corrected chi connectivity index (χ4v) is 4.34. The molecule has 1 aromatic rings. The summed E-state index contributed by atoms with van der Waals surface area (Å²) in [6.07, 6.45) is 7.18. The van der Waals surface area contributed by atoms with Gasteiger partial charge in [0.2, 0.25) is 5.91 Å². The molecule has 1 fully saturated rings. The Morgan fingerprint density at radius 1 is 1.14 bits per heavy atom. The molecule has 2 rings (SSSR count). The van der Waals surface area contributed by atoms with Crippen molar-refractivity contribution in [2.75, 3.05) is 24.3 Å². The van der Waals surface area contributed by atoms with Crippen LogP contribution < -0.4 is 15.5 Å². The van der Waals surface area contributed by atoms with Gasteiger partial charge in [0.25, 0.3) is 5.91 Å². The Hall–Kier alpha value is -2.04. The van der Waals surface area contributed by atoms with Gasteiger partial charge in [0.05, 0.1) is 5.56 Å². The predicted octanol–water partition coefficient (Wildman–Crippen LogP) is 5.22. The van der Waals surface area contributed by atoms with E-state index < -0.39 is 0 Å². The van der Waals surface area contributed by atoms with E-state index in [-0.39, 0.29) is 23.3 Å². The van der Waals surface area contributed by atoms with Crippen molar-refractivity contribution in [3.63, 3.8) is 0 Å². The van der Waals surface area contributed by atoms with Gasteiger partial charge < -0.3 is 15.5 Å². The van der Waals surface area contributed by atoms with E-state index in [1.165, 1.54) is 19.3 Å². The highest BCUT2D eigenvalue weighted by Crippen LogP contribution is 2.27. The molecule has 0 spiro atoms. The van der Waals surface area contributed by atoms with Crippen LogP contribution in [0.2, 0.25) is 0 Å². The molecule has 0 aliphatic heterocycles. The standard InChI is InChI=1S/C24H39N3O2/c1-17(16-24(2,3)4)14-22(28)25-19-12-13-21(27(5)6)20(15-19)23(29)26-18-10-8-7-9-11-18/h12-13,15,17-18H,7-11,14,16H2,1-6H3,(H,25,28)(H,26,29). The predicted molar refractivity (Wildman–Crippen MR) is 122 cm³/mol. The molecule has 0 radical (unpaired) electrons. The largest absolute Gasteiger partial charge is 0.377 e. The molecule has 0 bridgehead atoms. The van der Waals surface area contributed by atoms with Crippen molar-refractivity contribution in [1.82, 2.24) is 5.32 Å². The third kappa shape index (κ3) is 7.71. The monoisotopic (exact) mass is 401 g/mol. The van der Waals surface area contributed by atoms with Crippen molar-refractivity contribution in [2.45, 2.75) is 78.7 Å². The van der Waals surface area contributed by atoms with Crippen molar-refractivity contribution in [3.05, 3.63) is 23.8 Å². The Bertz CT molecular complexity index is 701. The maximum absolute atomic E-state index is 13.0. The Morgan fingerprint density at radius 3 is 2.38 bits per heavy atom. The third-order valence-corrected chi connectivity index (χ3v) is 5.44. The molecule has 29 heavy (non-hydrogen) atoms. The van der Waals surface area contributed by atoms with Gasteiger partial charge in [0, 0.05) is 37.9 Å². The molecular weight excluding hydrogens is 362 g/mol. The van der Waals surface area contributed by atoms with Crippen LogP contribution >= 0.6 is 0 Å². The summed E-state index contributed by atoms with van der Waals surface area (Å²) >= 11 is 0. The normalized spacial score (nSPS) is 16.2. The van der Waals surface area contributed by atoms with Crippen LogP contribution in [0.15, 0.2) is 18.2 Å². The summed E-state index contributed by atoms with van der Waals surface area (Å²) in [6, 6.07) is 5.84. The Kier molecular flexibility index (Phi) is 8.12. The summed E-state index contributed by atoms with van der Waals surface area (Å²) in [5.74, 6) is 0.251. The molecule has 5 heteroatoms. The first kappa shape index (κ1) is 23.2. The number of benzene rings is 1. The van der Waals surface area contributed by atoms with Crippen molar-refractivity contribution >= 4 is 23.2 Å². The van der Waals surface area contributed by atoms with Crippen molar-refractivity contribution in [3.8, 4) is 0 Å². The number of nitrogens with one attached hydrogen (secondary N) is 2. The number of carbonyl (C=O) groups is 2. The first-order valence-corrected chi connectivity index (χ1v) is 11.0. The lowest BCUT2D eigenvalue weighted by atomic mass is 9.84. The molecule has 162 valence electrons. The van der Waals surface area contributed by atoms with E-state index in [2.05, 4.69) is 38.3 Å². The van der Waals surface area contributed by atoms with E-state index in [0.717, 1.165) is 24.9 Å². The summed E-state index contributed by atoms with van der Waals surface area (Å²) in [7, 11) is 3.86. The maximum Gasteiger partial charge on any atom is 0.253 e. The average Bonchev–Trinajstić information content (AvgIpc) is 2.60. The molecule has 0 aromatic heterocycles. The van der Waals surface area contributed by atoms with Gasteiger partial charge in [-0.2, -0.15) is 0 Å². The highest BCUT2D eigenvalue weighted by Gasteiger charge is 2.21. The van der Waals surface area contributed by atoms with Crippen molar-refractivity contribution < 1.29 is 9.59 Å². The molecule has 1 unspecified atom stereocenters. The minimum absolute atomic E-state index is 0.00186. The molecule has 2 N–H and O–H groups in total. The van der Waals surface area contributed by atoms with Crippen LogP contribution in [0, 0.1) is 11.3 Å². The molecule has 0 heterocycles. The Labute approximate surface area is 176 Å². The van der Waals surface area contributed by atoms with Gasteiger partial charge in [0.1, 0.15) is 0 Å². The number of nitrogens with zero attached hydrogens (tertiary/aromatic N) is 1. The molecule has 2 amide bonds. The van der Waals surface area contributed by atoms with E-state index in [1.807, 2.05) is 31.1 Å². The van der Waals surface area contributed by atoms with Crippen LogP contribution in [-0.4, -0.2) is 32.0 Å². The summed E-state index contributed by atoms with van der Waals surface area (Å²) in [4.78, 5) is 27.4. The third-order valence-electron chi connectivity index (χ3n) is 5.44. The van der Waals surface area contributed by atoms with Gasteiger partial charge in [0.15, 0.2) is 0 Å². The fourth-order valence-electron chi connectivity index (χ4n) is 4.34. The topological polar surface area (TPSA) is 61.4 Å². The first-order valence-electron chi connectivity index (χ1n) is 11.0. The quantitative estimate of drug-likeness (QED) is 0.659. The van der Waals surface area contributed by atoms with Crippen LogP contribution in [0.5, 0.6) is 0 Å². The second kappa shape index (κ2) is 10.1. The zero-order valence-electron chi connectivity index (χ0n) is 19.1. The summed E-state index contributed by atoms with van der Waals surface area (Å²) < 4.78 is 0. The van der Waals surface area contributed by atoms with E-state index in [0.29, 0.717) is 23.6 Å². The highest BCUT2D eigenvalue weighted by molar-refractivity contribution is 6.02. The van der Waals surface area contributed by atoms with Crippen LogP contribution in [0.3, 0.4) is 0 Å². The summed E-state index contributed by atoms with van der Waals surface area (Å²) in [5.41, 5.74) is 2.35. The van der Waals surface area contributed by atoms with Gasteiger partial charge in [-0.15, -0.1) is 0 Å². The summed E-state index contributed by atoms with van der Waals surface area (Å²) in [5, 5.41) is 6.18. The van der Waals surface area contributed by atoms with Gasteiger partial charge in [-0.25, -0.2) is 0 Å². The molecular formula is C24H39N3O2. The fraction of sp³-hybridized carbons (Fsp3) is 0.667. The molecule has 1 saturated carbocycles. The van der Waals surface area contributed by atoms with Gasteiger partial charge in [-0.05, 0) is 48.8 Å². The second-order valence-electron chi connectivity index (χ2n) is 10.1. The van der Waals surface area contributed by atoms with Gasteiger partial charge in [-0.3, -0.25) is 9.59 Å². The van der Waals surface area contributed by atoms with Crippen LogP contribution in [0.4, 0.5) is 11.4 Å². The first-order chi connectivity index (χ1) is 13.5. The number of amides is 2. The molecule has 1 aliphatic rings. The lowest BCUT2D eigenvalue weighted by Crippen LogP contribution is -2.36. The average molecular weight is 402 g/mol. The van der Waals surface area contributed by atoms with Gasteiger partial charge in [-0.1, -0.05) is 47.0 Å². The molecule has 5 nitrogen and oxygen atoms in total. The zero-order chi connectivity index (χ0) is 21.6. The number of hydrogen-bond acceptors (Lipinski definition) is 3. The SMILES string of the molecule is CC(CC(=O)Nc1ccc(N(C)C)c(C(=O)NC2CCCCC2)c1)CC(C)(C)C. The maximum atomic E-state index is 13.0. The van der Waals surface area contributed by atoms with Crippen molar-refractivity contribution in [2.24, 2.45) is 11.3 Å². The minimum atomic E-state index is -0.0576.